The molecule has 17 heavy (non-hydrogen) atoms. The summed E-state index contributed by atoms with van der Waals surface area (Å²) < 4.78 is 16.2. The van der Waals surface area contributed by atoms with Crippen LogP contribution >= 0.6 is 12.0 Å². The van der Waals surface area contributed by atoms with E-state index in [0.717, 1.165) is 12.8 Å². The maximum Gasteiger partial charge on any atom is 0.511 e. The topological polar surface area (TPSA) is 56.8 Å². The third-order valence-electron chi connectivity index (χ3n) is 2.29. The molecule has 0 fully saturated rings. The Hall–Kier alpha value is -0.0831. The van der Waals surface area contributed by atoms with Gasteiger partial charge < -0.3 is 18.0 Å². The Morgan fingerprint density at radius 1 is 1.35 bits per heavy atom. The molecule has 0 aromatic carbocycles. The minimum atomic E-state index is -2.52. The fraction of sp³-hybridized carbons (Fsp3) is 0.900. The molecule has 0 aliphatic heterocycles. The highest BCUT2D eigenvalue weighted by molar-refractivity contribution is 7.94. The van der Waals surface area contributed by atoms with Gasteiger partial charge in [-0.15, -0.1) is 0 Å². The summed E-state index contributed by atoms with van der Waals surface area (Å²) in [6.07, 6.45) is 4.08. The predicted molar refractivity (Wildman–Crippen MR) is 71.7 cm³/mol. The highest BCUT2D eigenvalue weighted by Crippen LogP contribution is 2.20. The monoisotopic (exact) mass is 281 g/mol. The van der Waals surface area contributed by atoms with Crippen molar-refractivity contribution in [2.75, 3.05) is 27.0 Å². The van der Waals surface area contributed by atoms with Gasteiger partial charge in [-0.1, -0.05) is 6.92 Å². The van der Waals surface area contributed by atoms with Crippen LogP contribution in [0.5, 0.6) is 0 Å². The molecule has 0 unspecified atom stereocenters. The molecule has 1 amide bonds. The largest absolute Gasteiger partial charge is 0.511 e. The van der Waals surface area contributed by atoms with E-state index < -0.39 is 8.80 Å². The molecule has 1 N–H and O–H groups in total. The molecule has 0 aliphatic carbocycles. The highest BCUT2D eigenvalue weighted by atomic mass is 32.2. The molecular weight excluding hydrogens is 258 g/mol. The summed E-state index contributed by atoms with van der Waals surface area (Å²) >= 11 is 1.25. The molecule has 0 radical (unpaired) electrons. The van der Waals surface area contributed by atoms with E-state index in [1.807, 2.05) is 13.2 Å². The maximum absolute atomic E-state index is 11.2. The van der Waals surface area contributed by atoms with Crippen LogP contribution in [0, 0.1) is 0 Å². The van der Waals surface area contributed by atoms with E-state index in [0.29, 0.717) is 19.0 Å². The Bertz CT molecular complexity index is 214. The molecule has 102 valence electrons. The molecule has 0 atom stereocenters. The van der Waals surface area contributed by atoms with E-state index in [2.05, 4.69) is 5.32 Å². The second kappa shape index (κ2) is 9.90. The molecule has 7 heteroatoms. The number of nitrogens with one attached hydrogen (secondary N) is 1. The Morgan fingerprint density at radius 2 is 2.00 bits per heavy atom. The number of carbonyl (C=O) groups excluding carboxylic acids is 1. The molecule has 0 aliphatic rings. The van der Waals surface area contributed by atoms with Gasteiger partial charge in [0.25, 0.3) is 0 Å². The van der Waals surface area contributed by atoms with Crippen molar-refractivity contribution in [2.24, 2.45) is 0 Å². The van der Waals surface area contributed by atoms with Gasteiger partial charge >= 0.3 is 8.80 Å². The molecule has 0 heterocycles. The summed E-state index contributed by atoms with van der Waals surface area (Å²) in [7, 11) is 0.675. The molecule has 5 nitrogen and oxygen atoms in total. The van der Waals surface area contributed by atoms with Gasteiger partial charge in [0.1, 0.15) is 0 Å². The Labute approximate surface area is 109 Å². The standard InChI is InChI=1S/C10H23NO4SSi/c1-5-7-10(12)11-8-6-9-17(13-2,14-3)15-16-4/h5-9H2,1-4H3,(H,11,12). The van der Waals surface area contributed by atoms with E-state index in [-0.39, 0.29) is 5.91 Å². The number of hydrogen-bond acceptors (Lipinski definition) is 5. The zero-order valence-electron chi connectivity index (χ0n) is 11.1. The van der Waals surface area contributed by atoms with Gasteiger partial charge in [0, 0.05) is 39.5 Å². The first-order valence-electron chi connectivity index (χ1n) is 5.73. The van der Waals surface area contributed by atoms with Crippen LogP contribution in [-0.2, 0) is 17.5 Å². The number of rotatable bonds is 10. The fourth-order valence-corrected chi connectivity index (χ4v) is 4.45. The van der Waals surface area contributed by atoms with Crippen LogP contribution in [0.2, 0.25) is 6.04 Å². The second-order valence-electron chi connectivity index (χ2n) is 3.54. The van der Waals surface area contributed by atoms with Crippen LogP contribution < -0.4 is 5.32 Å². The summed E-state index contributed by atoms with van der Waals surface area (Å²) in [5.41, 5.74) is 0. The van der Waals surface area contributed by atoms with Gasteiger partial charge in [0.2, 0.25) is 5.91 Å². The molecule has 0 saturated carbocycles. The first kappa shape index (κ1) is 16.9. The van der Waals surface area contributed by atoms with Crippen molar-refractivity contribution in [3.8, 4) is 0 Å². The molecule has 0 aromatic heterocycles. The van der Waals surface area contributed by atoms with Crippen LogP contribution in [0.3, 0.4) is 0 Å². The third-order valence-corrected chi connectivity index (χ3v) is 6.18. The van der Waals surface area contributed by atoms with Gasteiger partial charge in [-0.2, -0.15) is 0 Å². The smallest absolute Gasteiger partial charge is 0.376 e. The zero-order chi connectivity index (χ0) is 13.1. The minimum absolute atomic E-state index is 0.0976. The lowest BCUT2D eigenvalue weighted by Crippen LogP contribution is -2.42. The van der Waals surface area contributed by atoms with Crippen molar-refractivity contribution in [3.05, 3.63) is 0 Å². The van der Waals surface area contributed by atoms with Crippen LogP contribution in [0.25, 0.3) is 0 Å². The first-order valence-corrected chi connectivity index (χ1v) is 8.81. The van der Waals surface area contributed by atoms with E-state index in [4.69, 9.17) is 12.7 Å². The summed E-state index contributed by atoms with van der Waals surface area (Å²) in [5, 5.41) is 2.86. The van der Waals surface area contributed by atoms with Crippen molar-refractivity contribution >= 4 is 26.8 Å². The van der Waals surface area contributed by atoms with Gasteiger partial charge in [-0.25, -0.2) is 0 Å². The van der Waals surface area contributed by atoms with Gasteiger partial charge in [-0.05, 0) is 24.9 Å². The summed E-state index contributed by atoms with van der Waals surface area (Å²) in [4.78, 5) is 11.2. The van der Waals surface area contributed by atoms with Crippen molar-refractivity contribution in [2.45, 2.75) is 32.2 Å². The van der Waals surface area contributed by atoms with Crippen molar-refractivity contribution in [1.29, 1.82) is 0 Å². The average Bonchev–Trinajstić information content (AvgIpc) is 2.33. The Morgan fingerprint density at radius 3 is 2.47 bits per heavy atom. The second-order valence-corrected chi connectivity index (χ2v) is 7.23. The van der Waals surface area contributed by atoms with Crippen LogP contribution in [0.15, 0.2) is 0 Å². The molecule has 0 saturated heterocycles. The average molecular weight is 281 g/mol. The van der Waals surface area contributed by atoms with Crippen LogP contribution in [0.4, 0.5) is 0 Å². The Balaban J connectivity index is 3.86. The molecule has 0 spiro atoms. The zero-order valence-corrected chi connectivity index (χ0v) is 12.9. The van der Waals surface area contributed by atoms with Gasteiger partial charge in [0.05, 0.1) is 0 Å². The van der Waals surface area contributed by atoms with Crippen molar-refractivity contribution in [1.82, 2.24) is 5.32 Å². The molecule has 0 rings (SSSR count). The summed E-state index contributed by atoms with van der Waals surface area (Å²) in [5.74, 6) is 0.0976. The maximum atomic E-state index is 11.2. The van der Waals surface area contributed by atoms with Gasteiger partial charge in [0.15, 0.2) is 0 Å². The van der Waals surface area contributed by atoms with E-state index in [1.54, 1.807) is 14.2 Å². The number of carbonyl (C=O) groups is 1. The fourth-order valence-electron chi connectivity index (χ4n) is 1.37. The summed E-state index contributed by atoms with van der Waals surface area (Å²) in [6, 6.07) is 0.702. The quantitative estimate of drug-likeness (QED) is 0.376. The Kier molecular flexibility index (Phi) is 9.85. The lowest BCUT2D eigenvalue weighted by atomic mass is 10.3. The summed E-state index contributed by atoms with van der Waals surface area (Å²) in [6.45, 7) is 2.62. The predicted octanol–water partition coefficient (Wildman–Crippen LogP) is 1.82. The highest BCUT2D eigenvalue weighted by Gasteiger charge is 2.38. The molecular formula is C10H23NO4SSi. The van der Waals surface area contributed by atoms with Crippen molar-refractivity contribution in [3.63, 3.8) is 0 Å². The van der Waals surface area contributed by atoms with Crippen LogP contribution in [-0.4, -0.2) is 41.7 Å². The number of amides is 1. The van der Waals surface area contributed by atoms with Crippen LogP contribution in [0.1, 0.15) is 26.2 Å². The van der Waals surface area contributed by atoms with Gasteiger partial charge in [-0.3, -0.25) is 4.79 Å². The number of hydrogen-bond donors (Lipinski definition) is 1. The lowest BCUT2D eigenvalue weighted by Gasteiger charge is -2.24. The van der Waals surface area contributed by atoms with E-state index >= 15 is 0 Å². The SMILES string of the molecule is CCCC(=O)NCCC[Si](OC)(OC)OSC. The van der Waals surface area contributed by atoms with Crippen molar-refractivity contribution < 1.29 is 17.5 Å². The minimum Gasteiger partial charge on any atom is -0.376 e. The third kappa shape index (κ3) is 7.05. The van der Waals surface area contributed by atoms with E-state index in [1.165, 1.54) is 12.0 Å². The van der Waals surface area contributed by atoms with E-state index in [9.17, 15) is 4.79 Å². The molecule has 0 bridgehead atoms. The first-order chi connectivity index (χ1) is 8.14. The normalized spacial score (nSPS) is 11.5. The lowest BCUT2D eigenvalue weighted by molar-refractivity contribution is -0.121. The molecule has 0 aromatic rings.